The SMILES string of the molecule is CCOC(CNC(=O)N[C@@H]1CC(=O)N(c2ccccc2)C1)OCC. The summed E-state index contributed by atoms with van der Waals surface area (Å²) < 4.78 is 10.7. The van der Waals surface area contributed by atoms with Crippen molar-refractivity contribution in [2.24, 2.45) is 0 Å². The van der Waals surface area contributed by atoms with Crippen LogP contribution in [0, 0.1) is 0 Å². The quantitative estimate of drug-likeness (QED) is 0.706. The molecule has 1 fully saturated rings. The molecule has 3 amide bonds. The van der Waals surface area contributed by atoms with Crippen LogP contribution in [0.4, 0.5) is 10.5 Å². The number of hydrogen-bond acceptors (Lipinski definition) is 4. The first-order valence-corrected chi connectivity index (χ1v) is 8.27. The molecule has 1 aliphatic rings. The molecule has 0 bridgehead atoms. The van der Waals surface area contributed by atoms with E-state index >= 15 is 0 Å². The highest BCUT2D eigenvalue weighted by atomic mass is 16.7. The van der Waals surface area contributed by atoms with Crippen LogP contribution in [0.3, 0.4) is 0 Å². The fourth-order valence-electron chi connectivity index (χ4n) is 2.61. The third-order valence-electron chi connectivity index (χ3n) is 3.66. The fraction of sp³-hybridized carbons (Fsp3) is 0.529. The molecule has 132 valence electrons. The van der Waals surface area contributed by atoms with Crippen LogP contribution in [0.15, 0.2) is 30.3 Å². The lowest BCUT2D eigenvalue weighted by Gasteiger charge is -2.19. The van der Waals surface area contributed by atoms with Crippen molar-refractivity contribution in [3.8, 4) is 0 Å². The number of benzene rings is 1. The third kappa shape index (κ3) is 5.21. The second-order valence-electron chi connectivity index (χ2n) is 5.44. The van der Waals surface area contributed by atoms with Gasteiger partial charge in [-0.1, -0.05) is 18.2 Å². The number of nitrogens with one attached hydrogen (secondary N) is 2. The number of rotatable bonds is 8. The van der Waals surface area contributed by atoms with E-state index < -0.39 is 6.29 Å². The second-order valence-corrected chi connectivity index (χ2v) is 5.44. The summed E-state index contributed by atoms with van der Waals surface area (Å²) in [4.78, 5) is 25.8. The Morgan fingerprint density at radius 2 is 1.92 bits per heavy atom. The standard InChI is InChI=1S/C17H25N3O4/c1-3-23-16(24-4-2)11-18-17(22)19-13-10-15(21)20(12-13)14-8-6-5-7-9-14/h5-9,13,16H,3-4,10-12H2,1-2H3,(H2,18,19,22)/t13-/m1/s1. The molecule has 1 aromatic rings. The minimum Gasteiger partial charge on any atom is -0.351 e. The molecule has 0 radical (unpaired) electrons. The Kier molecular flexibility index (Phi) is 7.02. The summed E-state index contributed by atoms with van der Waals surface area (Å²) in [5.41, 5.74) is 0.847. The lowest BCUT2D eigenvalue weighted by atomic mass is 10.2. The van der Waals surface area contributed by atoms with Gasteiger partial charge in [0.25, 0.3) is 0 Å². The molecule has 7 heteroatoms. The van der Waals surface area contributed by atoms with Crippen molar-refractivity contribution in [2.45, 2.75) is 32.6 Å². The Labute approximate surface area is 142 Å². The molecule has 0 spiro atoms. The first-order valence-electron chi connectivity index (χ1n) is 8.27. The van der Waals surface area contributed by atoms with Crippen LogP contribution >= 0.6 is 0 Å². The number of ether oxygens (including phenoxy) is 2. The van der Waals surface area contributed by atoms with E-state index in [4.69, 9.17) is 9.47 Å². The molecule has 1 atom stereocenters. The summed E-state index contributed by atoms with van der Waals surface area (Å²) in [6, 6.07) is 8.91. The van der Waals surface area contributed by atoms with Gasteiger partial charge >= 0.3 is 6.03 Å². The molecular weight excluding hydrogens is 310 g/mol. The zero-order valence-electron chi connectivity index (χ0n) is 14.2. The lowest BCUT2D eigenvalue weighted by Crippen LogP contribution is -2.46. The average molecular weight is 335 g/mol. The number of anilines is 1. The molecule has 7 nitrogen and oxygen atoms in total. The number of para-hydroxylation sites is 1. The van der Waals surface area contributed by atoms with Crippen LogP contribution < -0.4 is 15.5 Å². The molecule has 2 rings (SSSR count). The summed E-state index contributed by atoms with van der Waals surface area (Å²) in [5.74, 6) is 0.00742. The van der Waals surface area contributed by atoms with Crippen LogP contribution in [0.5, 0.6) is 0 Å². The first kappa shape index (κ1) is 18.2. The minimum absolute atomic E-state index is 0.00742. The van der Waals surface area contributed by atoms with E-state index in [1.54, 1.807) is 4.90 Å². The number of nitrogens with zero attached hydrogens (tertiary/aromatic N) is 1. The second kappa shape index (κ2) is 9.24. The Morgan fingerprint density at radius 1 is 1.25 bits per heavy atom. The Morgan fingerprint density at radius 3 is 2.54 bits per heavy atom. The zero-order valence-corrected chi connectivity index (χ0v) is 14.2. The predicted octanol–water partition coefficient (Wildman–Crippen LogP) is 1.49. The molecule has 1 saturated heterocycles. The minimum atomic E-state index is -0.461. The Bertz CT molecular complexity index is 532. The van der Waals surface area contributed by atoms with Crippen LogP contribution in [0.2, 0.25) is 0 Å². The summed E-state index contributed by atoms with van der Waals surface area (Å²) in [6.07, 6.45) is -0.167. The molecule has 1 aromatic carbocycles. The van der Waals surface area contributed by atoms with Gasteiger partial charge in [-0.15, -0.1) is 0 Å². The maximum absolute atomic E-state index is 12.1. The number of urea groups is 1. The molecule has 2 N–H and O–H groups in total. The van der Waals surface area contributed by atoms with Crippen molar-refractivity contribution in [3.63, 3.8) is 0 Å². The highest BCUT2D eigenvalue weighted by Gasteiger charge is 2.31. The van der Waals surface area contributed by atoms with Crippen molar-refractivity contribution in [1.82, 2.24) is 10.6 Å². The average Bonchev–Trinajstić information content (AvgIpc) is 2.94. The summed E-state index contributed by atoms with van der Waals surface area (Å²) in [7, 11) is 0. The molecule has 0 aliphatic carbocycles. The summed E-state index contributed by atoms with van der Waals surface area (Å²) in [5, 5.41) is 5.54. The van der Waals surface area contributed by atoms with Crippen LogP contribution in [-0.4, -0.2) is 50.6 Å². The molecule has 0 unspecified atom stereocenters. The first-order chi connectivity index (χ1) is 11.6. The topological polar surface area (TPSA) is 79.9 Å². The molecule has 0 saturated carbocycles. The van der Waals surface area contributed by atoms with Gasteiger partial charge in [-0.2, -0.15) is 0 Å². The number of amides is 3. The molecule has 24 heavy (non-hydrogen) atoms. The van der Waals surface area contributed by atoms with Crippen LogP contribution in [0.25, 0.3) is 0 Å². The van der Waals surface area contributed by atoms with E-state index in [2.05, 4.69) is 10.6 Å². The normalized spacial score (nSPS) is 17.4. The van der Waals surface area contributed by atoms with Gasteiger partial charge in [0.1, 0.15) is 0 Å². The Balaban J connectivity index is 1.79. The summed E-state index contributed by atoms with van der Waals surface area (Å²) in [6.45, 7) is 5.49. The third-order valence-corrected chi connectivity index (χ3v) is 3.66. The van der Waals surface area contributed by atoms with Crippen molar-refractivity contribution in [1.29, 1.82) is 0 Å². The highest BCUT2D eigenvalue weighted by molar-refractivity contribution is 5.96. The van der Waals surface area contributed by atoms with Crippen LogP contribution in [0.1, 0.15) is 20.3 Å². The van der Waals surface area contributed by atoms with Gasteiger partial charge in [0.2, 0.25) is 5.91 Å². The monoisotopic (exact) mass is 335 g/mol. The van der Waals surface area contributed by atoms with E-state index in [9.17, 15) is 9.59 Å². The molecule has 1 heterocycles. The van der Waals surface area contributed by atoms with E-state index in [-0.39, 0.29) is 24.5 Å². The lowest BCUT2D eigenvalue weighted by molar-refractivity contribution is -0.131. The Hall–Kier alpha value is -2.12. The van der Waals surface area contributed by atoms with Crippen LogP contribution in [-0.2, 0) is 14.3 Å². The maximum atomic E-state index is 12.1. The van der Waals surface area contributed by atoms with Crippen molar-refractivity contribution < 1.29 is 19.1 Å². The van der Waals surface area contributed by atoms with Gasteiger partial charge in [0, 0.05) is 31.9 Å². The van der Waals surface area contributed by atoms with Gasteiger partial charge in [0.05, 0.1) is 12.6 Å². The molecule has 0 aromatic heterocycles. The smallest absolute Gasteiger partial charge is 0.315 e. The molecular formula is C17H25N3O4. The van der Waals surface area contributed by atoms with Crippen molar-refractivity contribution in [2.75, 3.05) is 31.2 Å². The van der Waals surface area contributed by atoms with Crippen molar-refractivity contribution in [3.05, 3.63) is 30.3 Å². The van der Waals surface area contributed by atoms with Gasteiger partial charge < -0.3 is 25.0 Å². The number of hydrogen-bond donors (Lipinski definition) is 2. The van der Waals surface area contributed by atoms with Gasteiger partial charge in [-0.25, -0.2) is 4.79 Å². The van der Waals surface area contributed by atoms with Gasteiger partial charge in [-0.3, -0.25) is 4.79 Å². The zero-order chi connectivity index (χ0) is 17.4. The molecule has 1 aliphatic heterocycles. The van der Waals surface area contributed by atoms with Gasteiger partial charge in [-0.05, 0) is 26.0 Å². The largest absolute Gasteiger partial charge is 0.351 e. The van der Waals surface area contributed by atoms with E-state index in [0.29, 0.717) is 26.2 Å². The van der Waals surface area contributed by atoms with E-state index in [1.165, 1.54) is 0 Å². The van der Waals surface area contributed by atoms with E-state index in [1.807, 2.05) is 44.2 Å². The maximum Gasteiger partial charge on any atom is 0.315 e. The highest BCUT2D eigenvalue weighted by Crippen LogP contribution is 2.20. The summed E-state index contributed by atoms with van der Waals surface area (Å²) >= 11 is 0. The van der Waals surface area contributed by atoms with Crippen molar-refractivity contribution >= 4 is 17.6 Å². The van der Waals surface area contributed by atoms with E-state index in [0.717, 1.165) is 5.69 Å². The number of carbonyl (C=O) groups is 2. The fourth-order valence-corrected chi connectivity index (χ4v) is 2.61. The number of carbonyl (C=O) groups excluding carboxylic acids is 2. The predicted molar refractivity (Wildman–Crippen MR) is 90.8 cm³/mol. The van der Waals surface area contributed by atoms with Gasteiger partial charge in [0.15, 0.2) is 6.29 Å².